The molecule has 3 N–H and O–H groups in total. The summed E-state index contributed by atoms with van der Waals surface area (Å²) in [5.41, 5.74) is 0.799. The van der Waals surface area contributed by atoms with Crippen molar-refractivity contribution in [3.05, 3.63) is 35.9 Å². The molecule has 2 amide bonds. The molecule has 0 saturated heterocycles. The summed E-state index contributed by atoms with van der Waals surface area (Å²) in [6, 6.07) is 7.70. The van der Waals surface area contributed by atoms with Crippen molar-refractivity contribution < 1.29 is 19.5 Å². The number of carbonyl (C=O) groups excluding carboxylic acids is 2. The predicted molar refractivity (Wildman–Crippen MR) is 86.6 cm³/mol. The lowest BCUT2D eigenvalue weighted by Crippen LogP contribution is -2.46. The lowest BCUT2D eigenvalue weighted by atomic mass is 9.98. The molecule has 6 nitrogen and oxygen atoms in total. The maximum Gasteiger partial charge on any atom is 0.326 e. The fourth-order valence-corrected chi connectivity index (χ4v) is 2.28. The smallest absolute Gasteiger partial charge is 0.326 e. The Hall–Kier alpha value is -2.37. The van der Waals surface area contributed by atoms with E-state index in [0.29, 0.717) is 6.42 Å². The molecule has 1 aromatic rings. The zero-order valence-corrected chi connectivity index (χ0v) is 13.7. The zero-order chi connectivity index (χ0) is 17.4. The molecule has 1 unspecified atom stereocenters. The summed E-state index contributed by atoms with van der Waals surface area (Å²) in [5, 5.41) is 14.5. The first kappa shape index (κ1) is 18.7. The Morgan fingerprint density at radius 2 is 1.74 bits per heavy atom. The van der Waals surface area contributed by atoms with Gasteiger partial charge in [0.1, 0.15) is 6.04 Å². The molecule has 23 heavy (non-hydrogen) atoms. The van der Waals surface area contributed by atoms with Crippen LogP contribution in [0.15, 0.2) is 30.3 Å². The highest BCUT2D eigenvalue weighted by atomic mass is 16.4. The van der Waals surface area contributed by atoms with E-state index < -0.39 is 24.0 Å². The fourth-order valence-electron chi connectivity index (χ4n) is 2.28. The highest BCUT2D eigenvalue weighted by Gasteiger charge is 2.26. The first-order valence-corrected chi connectivity index (χ1v) is 7.69. The minimum atomic E-state index is -1.05. The van der Waals surface area contributed by atoms with E-state index in [1.165, 1.54) is 6.92 Å². The molecule has 0 heterocycles. The van der Waals surface area contributed by atoms with Crippen LogP contribution in [0.3, 0.4) is 0 Å². The summed E-state index contributed by atoms with van der Waals surface area (Å²) >= 11 is 0. The lowest BCUT2D eigenvalue weighted by Gasteiger charge is -2.23. The number of benzene rings is 1. The van der Waals surface area contributed by atoms with E-state index >= 15 is 0 Å². The Labute approximate surface area is 136 Å². The quantitative estimate of drug-likeness (QED) is 0.681. The number of amides is 2. The number of carbonyl (C=O) groups is 3. The molecular formula is C17H24N2O4. The number of nitrogens with one attached hydrogen (secondary N) is 2. The maximum atomic E-state index is 12.2. The van der Waals surface area contributed by atoms with Gasteiger partial charge in [-0.1, -0.05) is 50.6 Å². The van der Waals surface area contributed by atoms with E-state index in [2.05, 4.69) is 10.6 Å². The van der Waals surface area contributed by atoms with Crippen molar-refractivity contribution in [3.8, 4) is 0 Å². The predicted octanol–water partition coefficient (Wildman–Crippen LogP) is 1.87. The Morgan fingerprint density at radius 3 is 2.22 bits per heavy atom. The van der Waals surface area contributed by atoms with Gasteiger partial charge in [0, 0.05) is 6.92 Å². The minimum absolute atomic E-state index is 0.0101. The Bertz CT molecular complexity index is 545. The van der Waals surface area contributed by atoms with Crippen molar-refractivity contribution in [2.75, 3.05) is 0 Å². The average molecular weight is 320 g/mol. The van der Waals surface area contributed by atoms with Crippen LogP contribution >= 0.6 is 0 Å². The first-order valence-electron chi connectivity index (χ1n) is 7.69. The topological polar surface area (TPSA) is 95.5 Å². The van der Waals surface area contributed by atoms with Crippen molar-refractivity contribution >= 4 is 17.8 Å². The monoisotopic (exact) mass is 320 g/mol. The van der Waals surface area contributed by atoms with Crippen molar-refractivity contribution in [2.45, 2.75) is 45.7 Å². The number of hydrogen-bond acceptors (Lipinski definition) is 3. The molecule has 0 aliphatic heterocycles. The van der Waals surface area contributed by atoms with Crippen molar-refractivity contribution in [1.29, 1.82) is 0 Å². The van der Waals surface area contributed by atoms with E-state index in [-0.39, 0.29) is 18.2 Å². The molecule has 0 radical (unpaired) electrons. The first-order chi connectivity index (χ1) is 10.8. The highest BCUT2D eigenvalue weighted by Crippen LogP contribution is 2.17. The average Bonchev–Trinajstić information content (AvgIpc) is 2.51. The van der Waals surface area contributed by atoms with Crippen LogP contribution in [-0.2, 0) is 14.4 Å². The van der Waals surface area contributed by atoms with Crippen LogP contribution < -0.4 is 10.6 Å². The van der Waals surface area contributed by atoms with E-state index in [4.69, 9.17) is 0 Å². The molecule has 6 heteroatoms. The second-order valence-corrected chi connectivity index (χ2v) is 5.64. The van der Waals surface area contributed by atoms with E-state index in [1.807, 2.05) is 37.3 Å². The summed E-state index contributed by atoms with van der Waals surface area (Å²) in [6.45, 7) is 5.03. The number of hydrogen-bond donors (Lipinski definition) is 3. The molecule has 0 fully saturated rings. The summed E-state index contributed by atoms with van der Waals surface area (Å²) in [4.78, 5) is 34.9. The second-order valence-electron chi connectivity index (χ2n) is 5.64. The standard InChI is InChI=1S/C17H24N2O4/c1-4-11(2)16(17(22)23)19-15(21)10-14(18-12(3)20)13-8-6-5-7-9-13/h5-9,11,14,16H,4,10H2,1-3H3,(H,18,20)(H,19,21)(H,22,23)/t11-,14?,16-/m0/s1. The Balaban J connectivity index is 2.80. The Morgan fingerprint density at radius 1 is 1.13 bits per heavy atom. The van der Waals surface area contributed by atoms with Crippen LogP contribution in [0.1, 0.15) is 45.2 Å². The number of rotatable bonds is 8. The lowest BCUT2D eigenvalue weighted by molar-refractivity contribution is -0.143. The van der Waals surface area contributed by atoms with Crippen LogP contribution in [0.5, 0.6) is 0 Å². The summed E-state index contributed by atoms with van der Waals surface area (Å²) < 4.78 is 0. The van der Waals surface area contributed by atoms with E-state index in [1.54, 1.807) is 6.92 Å². The normalized spacial score (nSPS) is 14.4. The summed E-state index contributed by atoms with van der Waals surface area (Å²) in [7, 11) is 0. The van der Waals surface area contributed by atoms with Crippen molar-refractivity contribution in [2.24, 2.45) is 5.92 Å². The molecule has 0 aromatic heterocycles. The van der Waals surface area contributed by atoms with Gasteiger partial charge in [-0.3, -0.25) is 9.59 Å². The maximum absolute atomic E-state index is 12.2. The number of aliphatic carboxylic acids is 1. The van der Waals surface area contributed by atoms with Gasteiger partial charge in [0.25, 0.3) is 0 Å². The highest BCUT2D eigenvalue weighted by molar-refractivity contribution is 5.84. The largest absolute Gasteiger partial charge is 0.480 e. The van der Waals surface area contributed by atoms with Crippen LogP contribution in [0.4, 0.5) is 0 Å². The molecule has 0 bridgehead atoms. The van der Waals surface area contributed by atoms with Crippen LogP contribution in [-0.4, -0.2) is 28.9 Å². The van der Waals surface area contributed by atoms with Crippen LogP contribution in [0.2, 0.25) is 0 Å². The third-order valence-electron chi connectivity index (χ3n) is 3.76. The van der Waals surface area contributed by atoms with Gasteiger partial charge in [-0.25, -0.2) is 4.79 Å². The van der Waals surface area contributed by atoms with Gasteiger partial charge in [-0.2, -0.15) is 0 Å². The van der Waals surface area contributed by atoms with Crippen LogP contribution in [0.25, 0.3) is 0 Å². The van der Waals surface area contributed by atoms with Gasteiger partial charge in [0.05, 0.1) is 12.5 Å². The molecule has 0 aliphatic rings. The molecule has 0 aliphatic carbocycles. The van der Waals surface area contributed by atoms with E-state index in [0.717, 1.165) is 5.56 Å². The van der Waals surface area contributed by atoms with Crippen LogP contribution in [0, 0.1) is 5.92 Å². The van der Waals surface area contributed by atoms with Crippen molar-refractivity contribution in [1.82, 2.24) is 10.6 Å². The van der Waals surface area contributed by atoms with Gasteiger partial charge >= 0.3 is 5.97 Å². The number of carboxylic acid groups (broad SMARTS) is 1. The van der Waals surface area contributed by atoms with Gasteiger partial charge in [-0.05, 0) is 11.5 Å². The fraction of sp³-hybridized carbons (Fsp3) is 0.471. The van der Waals surface area contributed by atoms with E-state index in [9.17, 15) is 19.5 Å². The molecule has 1 rings (SSSR count). The Kier molecular flexibility index (Phi) is 7.25. The number of carboxylic acids is 1. The van der Waals surface area contributed by atoms with Gasteiger partial charge in [-0.15, -0.1) is 0 Å². The van der Waals surface area contributed by atoms with Gasteiger partial charge in [0.2, 0.25) is 11.8 Å². The molecular weight excluding hydrogens is 296 g/mol. The molecule has 3 atom stereocenters. The molecule has 126 valence electrons. The molecule has 0 saturated carbocycles. The molecule has 1 aromatic carbocycles. The van der Waals surface area contributed by atoms with Crippen molar-refractivity contribution in [3.63, 3.8) is 0 Å². The molecule has 0 spiro atoms. The van der Waals surface area contributed by atoms with Gasteiger partial charge < -0.3 is 15.7 Å². The van der Waals surface area contributed by atoms with Gasteiger partial charge in [0.15, 0.2) is 0 Å². The summed E-state index contributed by atoms with van der Waals surface area (Å²) in [5.74, 6) is -1.88. The minimum Gasteiger partial charge on any atom is -0.480 e. The third-order valence-corrected chi connectivity index (χ3v) is 3.76. The third kappa shape index (κ3) is 6.10. The second kappa shape index (κ2) is 8.92. The SMILES string of the molecule is CC[C@H](C)[C@H](NC(=O)CC(NC(C)=O)c1ccccc1)C(=O)O. The summed E-state index contributed by atoms with van der Waals surface area (Å²) in [6.07, 6.45) is 0.634. The zero-order valence-electron chi connectivity index (χ0n) is 13.7.